The Labute approximate surface area is 254 Å². The van der Waals surface area contributed by atoms with E-state index in [0.717, 1.165) is 5.56 Å². The van der Waals surface area contributed by atoms with Crippen molar-refractivity contribution in [3.63, 3.8) is 0 Å². The van der Waals surface area contributed by atoms with Crippen molar-refractivity contribution in [2.45, 2.75) is 17.9 Å². The molecule has 0 saturated carbocycles. The number of carbonyl (C=O) groups is 2. The summed E-state index contributed by atoms with van der Waals surface area (Å²) in [6.07, 6.45) is 3.19. The summed E-state index contributed by atoms with van der Waals surface area (Å²) in [6.45, 7) is 1.97. The Bertz CT molecular complexity index is 1770. The number of nitrogens with one attached hydrogen (secondary N) is 2. The minimum Gasteiger partial charge on any atom is -0.336 e. The monoisotopic (exact) mass is 616 g/mol. The summed E-state index contributed by atoms with van der Waals surface area (Å²) in [5, 5.41) is 6.23. The van der Waals surface area contributed by atoms with Gasteiger partial charge in [0.1, 0.15) is 4.90 Å². The van der Waals surface area contributed by atoms with Crippen molar-refractivity contribution < 1.29 is 18.0 Å². The first-order valence-electron chi connectivity index (χ1n) is 13.8. The van der Waals surface area contributed by atoms with Crippen LogP contribution in [-0.2, 0) is 23.0 Å². The van der Waals surface area contributed by atoms with Crippen molar-refractivity contribution >= 4 is 50.7 Å². The molecule has 6 rings (SSSR count). The predicted molar refractivity (Wildman–Crippen MR) is 166 cm³/mol. The second-order valence-corrected chi connectivity index (χ2v) is 12.5. The maximum absolute atomic E-state index is 14.4. The highest BCUT2D eigenvalue weighted by Gasteiger charge is 2.31. The van der Waals surface area contributed by atoms with Crippen LogP contribution in [0.1, 0.15) is 16.7 Å². The summed E-state index contributed by atoms with van der Waals surface area (Å²) in [5.41, 5.74) is 3.99. The van der Waals surface area contributed by atoms with Gasteiger partial charge in [-0.1, -0.05) is 41.9 Å². The number of carbonyl (C=O) groups excluding carboxylic acids is 2. The van der Waals surface area contributed by atoms with Crippen LogP contribution in [0.25, 0.3) is 0 Å². The topological polar surface area (TPSA) is 115 Å². The van der Waals surface area contributed by atoms with Crippen molar-refractivity contribution in [2.24, 2.45) is 0 Å². The quantitative estimate of drug-likeness (QED) is 0.281. The summed E-state index contributed by atoms with van der Waals surface area (Å²) in [7, 11) is -4.13. The van der Waals surface area contributed by atoms with Gasteiger partial charge < -0.3 is 10.6 Å². The van der Waals surface area contributed by atoms with E-state index >= 15 is 0 Å². The summed E-state index contributed by atoms with van der Waals surface area (Å²) in [4.78, 5) is 32.5. The van der Waals surface area contributed by atoms with E-state index in [4.69, 9.17) is 11.6 Å². The fourth-order valence-electron chi connectivity index (χ4n) is 5.37. The Kier molecular flexibility index (Phi) is 7.92. The molecule has 3 heterocycles. The smallest absolute Gasteiger partial charge is 0.322 e. The van der Waals surface area contributed by atoms with Gasteiger partial charge in [-0.25, -0.2) is 18.0 Å². The highest BCUT2D eigenvalue weighted by Crippen LogP contribution is 2.37. The lowest BCUT2D eigenvalue weighted by atomic mass is 10.00. The summed E-state index contributed by atoms with van der Waals surface area (Å²) < 4.78 is 30.1. The largest absolute Gasteiger partial charge is 0.336 e. The molecule has 4 aromatic rings. The molecule has 0 spiro atoms. The van der Waals surface area contributed by atoms with Crippen LogP contribution in [0.15, 0.2) is 96.2 Å². The molecular formula is C31H29ClN6O4S. The number of hydrogen-bond donors (Lipinski definition) is 2. The van der Waals surface area contributed by atoms with Gasteiger partial charge in [0.05, 0.1) is 17.9 Å². The fraction of sp³-hybridized carbons (Fsp3) is 0.194. The second kappa shape index (κ2) is 11.9. The zero-order valence-electron chi connectivity index (χ0n) is 23.1. The van der Waals surface area contributed by atoms with Crippen LogP contribution < -0.4 is 24.7 Å². The minimum absolute atomic E-state index is 0.0240. The molecule has 2 aliphatic heterocycles. The van der Waals surface area contributed by atoms with Crippen LogP contribution in [0.4, 0.5) is 26.7 Å². The molecule has 2 fully saturated rings. The van der Waals surface area contributed by atoms with Crippen molar-refractivity contribution in [3.05, 3.63) is 113 Å². The lowest BCUT2D eigenvalue weighted by molar-refractivity contribution is 0.251. The van der Waals surface area contributed by atoms with Crippen LogP contribution in [0.3, 0.4) is 0 Å². The molecule has 0 unspecified atom stereocenters. The normalized spacial score (nSPS) is 15.0. The van der Waals surface area contributed by atoms with Gasteiger partial charge in [-0.2, -0.15) is 0 Å². The van der Waals surface area contributed by atoms with Crippen molar-refractivity contribution in [2.75, 3.05) is 40.3 Å². The molecule has 10 nitrogen and oxygen atoms in total. The van der Waals surface area contributed by atoms with Crippen LogP contribution >= 0.6 is 11.6 Å². The number of urea groups is 2. The van der Waals surface area contributed by atoms with E-state index in [0.29, 0.717) is 65.8 Å². The molecule has 12 heteroatoms. The minimum atomic E-state index is -4.13. The Morgan fingerprint density at radius 2 is 1.56 bits per heavy atom. The predicted octanol–water partition coefficient (Wildman–Crippen LogP) is 4.78. The Morgan fingerprint density at radius 3 is 2.23 bits per heavy atom. The molecule has 220 valence electrons. The summed E-state index contributed by atoms with van der Waals surface area (Å²) in [6, 6.07) is 22.6. The molecule has 0 bridgehead atoms. The van der Waals surface area contributed by atoms with Gasteiger partial charge in [-0.3, -0.25) is 19.1 Å². The van der Waals surface area contributed by atoms with E-state index in [1.807, 2.05) is 42.5 Å². The number of amides is 4. The van der Waals surface area contributed by atoms with Gasteiger partial charge in [-0.15, -0.1) is 0 Å². The number of pyridine rings is 1. The van der Waals surface area contributed by atoms with Gasteiger partial charge in [0.2, 0.25) is 0 Å². The van der Waals surface area contributed by atoms with E-state index in [2.05, 4.69) is 15.6 Å². The first-order chi connectivity index (χ1) is 20.8. The highest BCUT2D eigenvalue weighted by molar-refractivity contribution is 7.92. The lowest BCUT2D eigenvalue weighted by Crippen LogP contribution is -2.33. The molecule has 4 amide bonds. The van der Waals surface area contributed by atoms with Crippen LogP contribution in [0, 0.1) is 0 Å². The number of anilines is 3. The molecule has 0 aliphatic carbocycles. The molecular weight excluding hydrogens is 588 g/mol. The first kappa shape index (κ1) is 28.5. The number of aromatic nitrogens is 1. The molecule has 0 atom stereocenters. The number of halogens is 1. The van der Waals surface area contributed by atoms with E-state index in [1.165, 1.54) is 22.8 Å². The van der Waals surface area contributed by atoms with Crippen molar-refractivity contribution in [3.8, 4) is 0 Å². The van der Waals surface area contributed by atoms with E-state index in [1.54, 1.807) is 40.1 Å². The van der Waals surface area contributed by atoms with Crippen LogP contribution in [-0.4, -0.2) is 51.6 Å². The zero-order chi connectivity index (χ0) is 30.0. The van der Waals surface area contributed by atoms with Crippen molar-refractivity contribution in [1.82, 2.24) is 15.6 Å². The molecule has 2 aliphatic rings. The van der Waals surface area contributed by atoms with Gasteiger partial charge in [0.25, 0.3) is 10.0 Å². The average Bonchev–Trinajstić information content (AvgIpc) is 3.65. The van der Waals surface area contributed by atoms with Gasteiger partial charge >= 0.3 is 12.1 Å². The van der Waals surface area contributed by atoms with E-state index < -0.39 is 10.0 Å². The maximum Gasteiger partial charge on any atom is 0.322 e. The van der Waals surface area contributed by atoms with Gasteiger partial charge in [0, 0.05) is 61.3 Å². The lowest BCUT2D eigenvalue weighted by Gasteiger charge is -2.30. The molecule has 3 aromatic carbocycles. The molecule has 2 N–H and O–H groups in total. The zero-order valence-corrected chi connectivity index (χ0v) is 24.7. The molecule has 0 radical (unpaired) electrons. The third kappa shape index (κ3) is 5.86. The third-order valence-electron chi connectivity index (χ3n) is 7.46. The molecule has 2 saturated heterocycles. The number of rotatable bonds is 9. The molecule has 1 aromatic heterocycles. The maximum atomic E-state index is 14.4. The van der Waals surface area contributed by atoms with Gasteiger partial charge in [-0.05, 0) is 59.7 Å². The first-order valence-corrected chi connectivity index (χ1v) is 15.6. The average molecular weight is 617 g/mol. The fourth-order valence-corrected chi connectivity index (χ4v) is 6.95. The summed E-state index contributed by atoms with van der Waals surface area (Å²) >= 11 is 6.15. The number of hydrogen-bond acceptors (Lipinski definition) is 5. The SMILES string of the molecule is O=C1NCCN1c1cccc(CN(c2cccc(N3CCNC3=O)c2Cc2ccc(Cl)cc2)S(=O)(=O)c2cccnc2)c1. The second-order valence-electron chi connectivity index (χ2n) is 10.2. The Balaban J connectivity index is 1.50. The third-order valence-corrected chi connectivity index (χ3v) is 9.46. The molecule has 43 heavy (non-hydrogen) atoms. The number of benzene rings is 3. The summed E-state index contributed by atoms with van der Waals surface area (Å²) in [5.74, 6) is 0. The number of nitrogens with zero attached hydrogens (tertiary/aromatic N) is 4. The highest BCUT2D eigenvalue weighted by atomic mass is 35.5. The van der Waals surface area contributed by atoms with Crippen LogP contribution in [0.5, 0.6) is 0 Å². The van der Waals surface area contributed by atoms with E-state index in [9.17, 15) is 18.0 Å². The van der Waals surface area contributed by atoms with E-state index in [-0.39, 0.29) is 23.5 Å². The Hall–Kier alpha value is -4.61. The Morgan fingerprint density at radius 1 is 0.837 bits per heavy atom. The standard InChI is InChI=1S/C31H29ClN6O4S/c32-24-11-9-22(10-12-24)19-27-28(37-17-15-35-31(37)40)7-2-8-29(27)38(43(41,42)26-6-3-13-33-20-26)21-23-4-1-5-25(18-23)36-16-14-34-30(36)39/h1-13,18,20H,14-17,19,21H2,(H,34,39)(H,35,40). The van der Waals surface area contributed by atoms with Crippen LogP contribution in [0.2, 0.25) is 5.02 Å². The van der Waals surface area contributed by atoms with Gasteiger partial charge in [0.15, 0.2) is 0 Å². The number of sulfonamides is 1. The van der Waals surface area contributed by atoms with Crippen molar-refractivity contribution in [1.29, 1.82) is 0 Å².